The van der Waals surface area contributed by atoms with Crippen molar-refractivity contribution in [3.05, 3.63) is 65.5 Å². The van der Waals surface area contributed by atoms with E-state index in [1.54, 1.807) is 26.2 Å². The largest absolute Gasteiger partial charge is 0.496 e. The van der Waals surface area contributed by atoms with E-state index in [-0.39, 0.29) is 5.82 Å². The lowest BCUT2D eigenvalue weighted by Gasteiger charge is -2.00. The molecule has 0 saturated heterocycles. The summed E-state index contributed by atoms with van der Waals surface area (Å²) in [5, 5.41) is 0. The van der Waals surface area contributed by atoms with Gasteiger partial charge < -0.3 is 4.74 Å². The maximum absolute atomic E-state index is 12.3. The maximum Gasteiger partial charge on any atom is 0.126 e. The maximum atomic E-state index is 12.3. The molecule has 0 unspecified atom stereocenters. The summed E-state index contributed by atoms with van der Waals surface area (Å²) >= 11 is 0. The van der Waals surface area contributed by atoms with Crippen LogP contribution in [-0.4, -0.2) is 7.11 Å². The van der Waals surface area contributed by atoms with Crippen molar-refractivity contribution in [2.45, 2.75) is 13.8 Å². The van der Waals surface area contributed by atoms with Crippen LogP contribution in [-0.2, 0) is 0 Å². The van der Waals surface area contributed by atoms with E-state index < -0.39 is 0 Å². The van der Waals surface area contributed by atoms with Gasteiger partial charge in [0.25, 0.3) is 0 Å². The highest BCUT2D eigenvalue weighted by Gasteiger charge is 1.91. The van der Waals surface area contributed by atoms with Crippen LogP contribution in [0, 0.1) is 19.7 Å². The summed E-state index contributed by atoms with van der Waals surface area (Å²) in [6.45, 7) is 3.77. The summed E-state index contributed by atoms with van der Waals surface area (Å²) in [5.74, 6) is 0.824. The summed E-state index contributed by atoms with van der Waals surface area (Å²) in [6, 6.07) is 14.6. The predicted molar refractivity (Wildman–Crippen MR) is 68.9 cm³/mol. The molecule has 2 rings (SSSR count). The highest BCUT2D eigenvalue weighted by Crippen LogP contribution is 2.14. The Balaban J connectivity index is 0.000000171. The molecule has 2 aromatic rings. The molecular formula is C15H17FO. The molecule has 0 aliphatic carbocycles. The molecule has 0 aliphatic rings. The number of para-hydroxylation sites is 1. The van der Waals surface area contributed by atoms with Crippen LogP contribution >= 0.6 is 0 Å². The van der Waals surface area contributed by atoms with Crippen molar-refractivity contribution >= 4 is 0 Å². The Morgan fingerprint density at radius 2 is 1.35 bits per heavy atom. The number of hydrogen-bond donors (Lipinski definition) is 0. The highest BCUT2D eigenvalue weighted by molar-refractivity contribution is 5.31. The van der Waals surface area contributed by atoms with Crippen LogP contribution in [0.4, 0.5) is 4.39 Å². The Hall–Kier alpha value is -1.83. The summed E-state index contributed by atoms with van der Waals surface area (Å²) in [4.78, 5) is 0. The monoisotopic (exact) mass is 232 g/mol. The molecule has 0 radical (unpaired) electrons. The molecule has 0 spiro atoms. The Morgan fingerprint density at radius 3 is 1.71 bits per heavy atom. The molecular weight excluding hydrogens is 215 g/mol. The van der Waals surface area contributed by atoms with Gasteiger partial charge in [0.2, 0.25) is 0 Å². The average Bonchev–Trinajstić information content (AvgIpc) is 2.34. The average molecular weight is 232 g/mol. The normalized spacial score (nSPS) is 9.18. The van der Waals surface area contributed by atoms with Gasteiger partial charge in [0.15, 0.2) is 0 Å². The predicted octanol–water partition coefficient (Wildman–Crippen LogP) is 4.14. The van der Waals surface area contributed by atoms with Crippen LogP contribution in [0.25, 0.3) is 0 Å². The van der Waals surface area contributed by atoms with Gasteiger partial charge in [0.05, 0.1) is 7.11 Å². The van der Waals surface area contributed by atoms with E-state index in [0.29, 0.717) is 5.56 Å². The second-order valence-corrected chi connectivity index (χ2v) is 3.72. The molecule has 0 atom stereocenters. The van der Waals surface area contributed by atoms with Crippen molar-refractivity contribution in [2.75, 3.05) is 7.11 Å². The minimum atomic E-state index is -0.132. The lowest BCUT2D eigenvalue weighted by Crippen LogP contribution is -1.84. The molecule has 2 aromatic carbocycles. The van der Waals surface area contributed by atoms with Crippen molar-refractivity contribution in [3.8, 4) is 5.75 Å². The first-order chi connectivity index (χ1) is 8.15. The lowest BCUT2D eigenvalue weighted by atomic mass is 10.2. The zero-order valence-corrected chi connectivity index (χ0v) is 10.4. The molecule has 0 aliphatic heterocycles. The molecule has 2 heteroatoms. The Bertz CT molecular complexity index is 445. The second-order valence-electron chi connectivity index (χ2n) is 3.72. The second kappa shape index (κ2) is 6.69. The fourth-order valence-electron chi connectivity index (χ4n) is 1.34. The smallest absolute Gasteiger partial charge is 0.126 e. The van der Waals surface area contributed by atoms with E-state index in [4.69, 9.17) is 4.74 Å². The molecule has 17 heavy (non-hydrogen) atoms. The van der Waals surface area contributed by atoms with E-state index in [9.17, 15) is 4.39 Å². The van der Waals surface area contributed by atoms with Gasteiger partial charge in [0.1, 0.15) is 11.6 Å². The minimum Gasteiger partial charge on any atom is -0.496 e. The summed E-state index contributed by atoms with van der Waals surface area (Å²) in [5.41, 5.74) is 1.88. The third-order valence-electron chi connectivity index (χ3n) is 2.39. The van der Waals surface area contributed by atoms with E-state index in [1.807, 2.05) is 37.3 Å². The van der Waals surface area contributed by atoms with Gasteiger partial charge >= 0.3 is 0 Å². The Kier molecular flexibility index (Phi) is 5.21. The van der Waals surface area contributed by atoms with Gasteiger partial charge in [-0.2, -0.15) is 0 Å². The van der Waals surface area contributed by atoms with Crippen molar-refractivity contribution in [1.82, 2.24) is 0 Å². The van der Waals surface area contributed by atoms with Crippen LogP contribution in [0.15, 0.2) is 48.5 Å². The number of rotatable bonds is 1. The van der Waals surface area contributed by atoms with Crippen LogP contribution in [0.3, 0.4) is 0 Å². The molecule has 0 N–H and O–H groups in total. The SMILES string of the molecule is COc1ccccc1C.Cc1ccccc1F. The highest BCUT2D eigenvalue weighted by atomic mass is 19.1. The minimum absolute atomic E-state index is 0.132. The third kappa shape index (κ3) is 4.27. The van der Waals surface area contributed by atoms with Crippen molar-refractivity contribution in [2.24, 2.45) is 0 Å². The van der Waals surface area contributed by atoms with Crippen LogP contribution < -0.4 is 4.74 Å². The standard InChI is InChI=1S/C8H10O.C7H7F/c1-7-5-3-4-6-8(7)9-2;1-6-4-2-3-5-7(6)8/h3-6H,1-2H3;2-5H,1H3. The van der Waals surface area contributed by atoms with Gasteiger partial charge in [0, 0.05) is 0 Å². The Morgan fingerprint density at radius 1 is 0.824 bits per heavy atom. The van der Waals surface area contributed by atoms with Gasteiger partial charge in [-0.25, -0.2) is 4.39 Å². The summed E-state index contributed by atoms with van der Waals surface area (Å²) < 4.78 is 17.4. The van der Waals surface area contributed by atoms with E-state index in [2.05, 4.69) is 0 Å². The first-order valence-electron chi connectivity index (χ1n) is 5.46. The summed E-state index contributed by atoms with van der Waals surface area (Å²) in [6.07, 6.45) is 0. The van der Waals surface area contributed by atoms with E-state index in [1.165, 1.54) is 11.6 Å². The number of methoxy groups -OCH3 is 1. The first kappa shape index (κ1) is 13.2. The zero-order valence-electron chi connectivity index (χ0n) is 10.4. The molecule has 0 aromatic heterocycles. The van der Waals surface area contributed by atoms with Crippen molar-refractivity contribution < 1.29 is 9.13 Å². The number of halogens is 1. The molecule has 0 heterocycles. The molecule has 0 amide bonds. The quantitative estimate of drug-likeness (QED) is 0.718. The first-order valence-corrected chi connectivity index (χ1v) is 5.46. The lowest BCUT2D eigenvalue weighted by molar-refractivity contribution is 0.411. The topological polar surface area (TPSA) is 9.23 Å². The molecule has 0 saturated carbocycles. The van der Waals surface area contributed by atoms with Crippen LogP contribution in [0.5, 0.6) is 5.75 Å². The molecule has 90 valence electrons. The van der Waals surface area contributed by atoms with Crippen LogP contribution in [0.2, 0.25) is 0 Å². The molecule has 0 fully saturated rings. The van der Waals surface area contributed by atoms with Gasteiger partial charge in [-0.15, -0.1) is 0 Å². The summed E-state index contributed by atoms with van der Waals surface area (Å²) in [7, 11) is 1.68. The van der Waals surface area contributed by atoms with Crippen molar-refractivity contribution in [1.29, 1.82) is 0 Å². The molecule has 0 bridgehead atoms. The Labute approximate surface area is 102 Å². The van der Waals surface area contributed by atoms with E-state index in [0.717, 1.165) is 5.75 Å². The van der Waals surface area contributed by atoms with Crippen molar-refractivity contribution in [3.63, 3.8) is 0 Å². The number of aryl methyl sites for hydroxylation is 2. The fourth-order valence-corrected chi connectivity index (χ4v) is 1.34. The van der Waals surface area contributed by atoms with Gasteiger partial charge in [-0.1, -0.05) is 36.4 Å². The number of ether oxygens (including phenoxy) is 1. The van der Waals surface area contributed by atoms with Gasteiger partial charge in [-0.05, 0) is 37.1 Å². The van der Waals surface area contributed by atoms with Crippen LogP contribution in [0.1, 0.15) is 11.1 Å². The van der Waals surface area contributed by atoms with E-state index >= 15 is 0 Å². The third-order valence-corrected chi connectivity index (χ3v) is 2.39. The zero-order chi connectivity index (χ0) is 12.7. The number of hydrogen-bond acceptors (Lipinski definition) is 1. The number of benzene rings is 2. The fraction of sp³-hybridized carbons (Fsp3) is 0.200. The van der Waals surface area contributed by atoms with Gasteiger partial charge in [-0.3, -0.25) is 0 Å². The molecule has 1 nitrogen and oxygen atoms in total.